The summed E-state index contributed by atoms with van der Waals surface area (Å²) in [6.07, 6.45) is 0. The van der Waals surface area contributed by atoms with Gasteiger partial charge in [0, 0.05) is 20.5 Å². The number of allylic oxidation sites excluding steroid dienone is 2. The number of hydrogen-bond acceptors (Lipinski definition) is 0. The van der Waals surface area contributed by atoms with Gasteiger partial charge in [0.25, 0.3) is 0 Å². The average Bonchev–Trinajstić information content (AvgIpc) is 1.91. The van der Waals surface area contributed by atoms with Gasteiger partial charge in [-0.1, -0.05) is 10.4 Å². The van der Waals surface area contributed by atoms with E-state index in [0.717, 1.165) is 10.4 Å². The van der Waals surface area contributed by atoms with Crippen LogP contribution >= 0.6 is 0 Å². The fraction of sp³-hybridized carbons (Fsp3) is 0.333. The first-order chi connectivity index (χ1) is 3.07. The Morgan fingerprint density at radius 3 is 1.14 bits per heavy atom. The maximum atomic E-state index is 3.41. The van der Waals surface area contributed by atoms with Crippen LogP contribution in [0.5, 0.6) is 0 Å². The standard InChI is InChI=1S/C3Si4/c4-1-2(5)3(1,6)7. The normalized spacial score (nSPS) is 25.7. The molecule has 0 spiro atoms. The molecule has 0 unspecified atom stereocenters. The molecule has 0 amide bonds. The Balaban J connectivity index is 2.69. The summed E-state index contributed by atoms with van der Waals surface area (Å²) in [6, 6.07) is 0. The molecule has 0 atom stereocenters. The van der Waals surface area contributed by atoms with Crippen LogP contribution in [0.4, 0.5) is 0 Å². The zero-order valence-corrected chi connectivity index (χ0v) is 7.50. The number of hydrogen-bond donors (Lipinski definition) is 0. The molecule has 0 bridgehead atoms. The van der Waals surface area contributed by atoms with E-state index in [-0.39, 0.29) is 4.66 Å². The van der Waals surface area contributed by atoms with Gasteiger partial charge in [-0.3, -0.25) is 0 Å². The second-order valence-corrected chi connectivity index (χ2v) is 4.50. The van der Waals surface area contributed by atoms with Crippen molar-refractivity contribution < 1.29 is 0 Å². The van der Waals surface area contributed by atoms with Crippen molar-refractivity contribution in [3.63, 3.8) is 0 Å². The quantitative estimate of drug-likeness (QED) is 0.387. The Morgan fingerprint density at radius 2 is 1.14 bits per heavy atom. The van der Waals surface area contributed by atoms with Crippen LogP contribution in [0.25, 0.3) is 0 Å². The molecule has 0 aromatic carbocycles. The van der Waals surface area contributed by atoms with Gasteiger partial charge in [-0.25, -0.2) is 0 Å². The third-order valence-corrected chi connectivity index (χ3v) is 4.44. The van der Waals surface area contributed by atoms with E-state index in [1.807, 2.05) is 0 Å². The molecule has 4 heteroatoms. The summed E-state index contributed by atoms with van der Waals surface area (Å²) in [5.41, 5.74) is 0. The van der Waals surface area contributed by atoms with Gasteiger partial charge in [0.15, 0.2) is 0 Å². The molecular formula is C3Si4. The van der Waals surface area contributed by atoms with Crippen LogP contribution in [0.2, 0.25) is 4.66 Å². The highest BCUT2D eigenvalue weighted by Crippen LogP contribution is 2.49. The minimum Gasteiger partial charge on any atom is -0.0908 e. The van der Waals surface area contributed by atoms with Gasteiger partial charge in [0.2, 0.25) is 0 Å². The van der Waals surface area contributed by atoms with E-state index in [1.54, 1.807) is 0 Å². The highest BCUT2D eigenvalue weighted by atomic mass is 28.2. The lowest BCUT2D eigenvalue weighted by Gasteiger charge is -1.97. The molecule has 1 rings (SSSR count). The molecule has 7 heavy (non-hydrogen) atoms. The maximum absolute atomic E-state index is 3.41. The summed E-state index contributed by atoms with van der Waals surface area (Å²) in [5.74, 6) is 0. The third-order valence-electron chi connectivity index (χ3n) is 0.938. The molecule has 0 aliphatic heterocycles. The van der Waals surface area contributed by atoms with Gasteiger partial charge < -0.3 is 0 Å². The molecule has 0 heterocycles. The first-order valence-electron chi connectivity index (χ1n) is 1.75. The van der Waals surface area contributed by atoms with Crippen LogP contribution in [-0.4, -0.2) is 41.0 Å². The molecular weight excluding hydrogens is 148 g/mol. The second kappa shape index (κ2) is 1.31. The van der Waals surface area contributed by atoms with Crippen molar-refractivity contribution in [2.24, 2.45) is 0 Å². The second-order valence-electron chi connectivity index (χ2n) is 1.50. The van der Waals surface area contributed by atoms with Crippen LogP contribution in [-0.2, 0) is 0 Å². The topological polar surface area (TPSA) is 0 Å². The minimum absolute atomic E-state index is 0.0617. The largest absolute Gasteiger partial charge is 0.0908 e. The SMILES string of the molecule is [Si]C1=C([Si])C1([Si])[Si]. The molecule has 0 nitrogen and oxygen atoms in total. The van der Waals surface area contributed by atoms with Crippen LogP contribution in [0.1, 0.15) is 0 Å². The van der Waals surface area contributed by atoms with Crippen LogP contribution < -0.4 is 0 Å². The van der Waals surface area contributed by atoms with E-state index in [2.05, 4.69) is 41.0 Å². The Labute approximate surface area is 56.5 Å². The molecule has 0 aromatic rings. The van der Waals surface area contributed by atoms with E-state index in [1.165, 1.54) is 0 Å². The first kappa shape index (κ1) is 5.74. The van der Waals surface area contributed by atoms with Crippen molar-refractivity contribution >= 4 is 41.0 Å². The minimum atomic E-state index is -0.0617. The van der Waals surface area contributed by atoms with Crippen molar-refractivity contribution in [3.8, 4) is 0 Å². The summed E-state index contributed by atoms with van der Waals surface area (Å²) in [6.45, 7) is 0. The summed E-state index contributed by atoms with van der Waals surface area (Å²) in [5, 5.41) is 2.25. The van der Waals surface area contributed by atoms with Crippen molar-refractivity contribution in [3.05, 3.63) is 10.4 Å². The summed E-state index contributed by atoms with van der Waals surface area (Å²) >= 11 is 0. The van der Waals surface area contributed by atoms with Crippen molar-refractivity contribution in [2.75, 3.05) is 0 Å². The van der Waals surface area contributed by atoms with Crippen molar-refractivity contribution in [2.45, 2.75) is 4.66 Å². The molecule has 0 aromatic heterocycles. The van der Waals surface area contributed by atoms with Crippen molar-refractivity contribution in [1.29, 1.82) is 0 Å². The molecule has 28 valence electrons. The Kier molecular flexibility index (Phi) is 1.07. The lowest BCUT2D eigenvalue weighted by molar-refractivity contribution is 1.44. The smallest absolute Gasteiger partial charge is 0.0647 e. The molecule has 0 N–H and O–H groups in total. The van der Waals surface area contributed by atoms with Crippen LogP contribution in [0.3, 0.4) is 0 Å². The zero-order chi connectivity index (χ0) is 5.65. The van der Waals surface area contributed by atoms with Gasteiger partial charge in [-0.15, -0.1) is 0 Å². The highest BCUT2D eigenvalue weighted by molar-refractivity contribution is 6.62. The summed E-state index contributed by atoms with van der Waals surface area (Å²) in [7, 11) is 13.5. The van der Waals surface area contributed by atoms with E-state index >= 15 is 0 Å². The molecule has 0 saturated heterocycles. The lowest BCUT2D eigenvalue weighted by atomic mass is 10.8. The monoisotopic (exact) mass is 148 g/mol. The highest BCUT2D eigenvalue weighted by Gasteiger charge is 2.37. The summed E-state index contributed by atoms with van der Waals surface area (Å²) in [4.78, 5) is 0. The van der Waals surface area contributed by atoms with Gasteiger partial charge in [-0.2, -0.15) is 0 Å². The molecule has 0 fully saturated rings. The fourth-order valence-corrected chi connectivity index (χ4v) is 1.78. The van der Waals surface area contributed by atoms with Gasteiger partial charge in [0.1, 0.15) is 0 Å². The fourth-order valence-electron chi connectivity index (χ4n) is 0.281. The lowest BCUT2D eigenvalue weighted by Crippen LogP contribution is -1.96. The van der Waals surface area contributed by atoms with Gasteiger partial charge >= 0.3 is 0 Å². The Bertz CT molecular complexity index is 120. The van der Waals surface area contributed by atoms with E-state index in [0.29, 0.717) is 0 Å². The molecule has 12 radical (unpaired) electrons. The van der Waals surface area contributed by atoms with Gasteiger partial charge in [0.05, 0.1) is 20.5 Å². The van der Waals surface area contributed by atoms with E-state index < -0.39 is 0 Å². The zero-order valence-electron chi connectivity index (χ0n) is 3.50. The van der Waals surface area contributed by atoms with E-state index in [9.17, 15) is 0 Å². The van der Waals surface area contributed by atoms with E-state index in [4.69, 9.17) is 0 Å². The first-order valence-corrected chi connectivity index (χ1v) is 3.75. The number of rotatable bonds is 0. The average molecular weight is 148 g/mol. The maximum Gasteiger partial charge on any atom is 0.0647 e. The molecule has 1 aliphatic carbocycles. The van der Waals surface area contributed by atoms with Crippen LogP contribution in [0, 0.1) is 0 Å². The van der Waals surface area contributed by atoms with Gasteiger partial charge in [-0.05, 0) is 4.66 Å². The predicted octanol–water partition coefficient (Wildman–Crippen LogP) is -0.998. The Morgan fingerprint density at radius 1 is 1.00 bits per heavy atom. The summed E-state index contributed by atoms with van der Waals surface area (Å²) < 4.78 is -0.0617. The third kappa shape index (κ3) is 0.657. The molecule has 1 aliphatic rings. The predicted molar refractivity (Wildman–Crippen MR) is 32.7 cm³/mol. The van der Waals surface area contributed by atoms with Crippen LogP contribution in [0.15, 0.2) is 10.4 Å². The molecule has 0 saturated carbocycles. The Hall–Kier alpha value is 0.608. The van der Waals surface area contributed by atoms with Crippen molar-refractivity contribution in [1.82, 2.24) is 0 Å².